The summed E-state index contributed by atoms with van der Waals surface area (Å²) in [6.45, 7) is 20.0. The van der Waals surface area contributed by atoms with Crippen LogP contribution in [-0.2, 0) is 20.1 Å². The van der Waals surface area contributed by atoms with Gasteiger partial charge in [0, 0.05) is 17.2 Å². The topological polar surface area (TPSA) is 31.4 Å². The Bertz CT molecular complexity index is 942. The van der Waals surface area contributed by atoms with Crippen LogP contribution in [0, 0.1) is 6.92 Å². The van der Waals surface area contributed by atoms with Gasteiger partial charge >= 0.3 is 7.12 Å². The number of benzene rings is 1. The lowest BCUT2D eigenvalue weighted by atomic mass is 9.79. The first-order chi connectivity index (χ1) is 13.3. The molecule has 0 bridgehead atoms. The summed E-state index contributed by atoms with van der Waals surface area (Å²) in [5, 5.41) is 0. The summed E-state index contributed by atoms with van der Waals surface area (Å²) < 4.78 is 12.3. The van der Waals surface area contributed by atoms with Crippen LogP contribution >= 0.6 is 0 Å². The molecule has 0 unspecified atom stereocenters. The molecule has 1 fully saturated rings. The molecule has 1 aliphatic carbocycles. The molecule has 154 valence electrons. The molecule has 1 saturated heterocycles. The van der Waals surface area contributed by atoms with Gasteiger partial charge < -0.3 is 9.31 Å². The van der Waals surface area contributed by atoms with Crippen molar-refractivity contribution in [3.63, 3.8) is 0 Å². The maximum absolute atomic E-state index is 6.17. The van der Waals surface area contributed by atoms with Gasteiger partial charge in [-0.15, -0.1) is 0 Å². The average Bonchev–Trinajstić information content (AvgIpc) is 2.92. The zero-order valence-electron chi connectivity index (χ0n) is 19.4. The molecule has 0 N–H and O–H groups in total. The van der Waals surface area contributed by atoms with Crippen molar-refractivity contribution in [2.75, 3.05) is 0 Å². The maximum Gasteiger partial charge on any atom is 0.496 e. The van der Waals surface area contributed by atoms with Crippen LogP contribution in [0.1, 0.15) is 78.5 Å². The molecule has 0 saturated carbocycles. The van der Waals surface area contributed by atoms with Gasteiger partial charge in [0.2, 0.25) is 0 Å². The van der Waals surface area contributed by atoms with Crippen molar-refractivity contribution in [3.8, 4) is 11.3 Å². The Morgan fingerprint density at radius 2 is 1.45 bits per heavy atom. The van der Waals surface area contributed by atoms with E-state index in [1.807, 2.05) is 6.20 Å². The number of nitrogens with zero attached hydrogens (tertiary/aromatic N) is 1. The number of hydrogen-bond acceptors (Lipinski definition) is 3. The van der Waals surface area contributed by atoms with Crippen LogP contribution in [0.3, 0.4) is 0 Å². The molecule has 3 nitrogen and oxygen atoms in total. The number of aromatic nitrogens is 1. The van der Waals surface area contributed by atoms with E-state index in [4.69, 9.17) is 14.3 Å². The predicted octanol–water partition coefficient (Wildman–Crippen LogP) is 5.32. The van der Waals surface area contributed by atoms with Crippen LogP contribution in [0.5, 0.6) is 0 Å². The molecule has 1 aliphatic heterocycles. The highest BCUT2D eigenvalue weighted by molar-refractivity contribution is 6.62. The highest BCUT2D eigenvalue weighted by Crippen LogP contribution is 2.51. The van der Waals surface area contributed by atoms with Crippen molar-refractivity contribution in [1.29, 1.82) is 0 Å². The van der Waals surface area contributed by atoms with E-state index in [0.717, 1.165) is 11.2 Å². The Hall–Kier alpha value is -1.65. The van der Waals surface area contributed by atoms with Crippen molar-refractivity contribution in [2.45, 2.75) is 90.8 Å². The fraction of sp³-hybridized carbons (Fsp3) is 0.560. The molecule has 1 aromatic carbocycles. The van der Waals surface area contributed by atoms with Gasteiger partial charge in [0.05, 0.1) is 16.9 Å². The lowest BCUT2D eigenvalue weighted by Gasteiger charge is -2.32. The summed E-state index contributed by atoms with van der Waals surface area (Å²) in [5.74, 6) is 0. The van der Waals surface area contributed by atoms with Gasteiger partial charge in [0.1, 0.15) is 0 Å². The van der Waals surface area contributed by atoms with E-state index in [1.54, 1.807) is 0 Å². The molecule has 1 aromatic heterocycles. The normalized spacial score (nSPS) is 23.3. The first-order valence-electron chi connectivity index (χ1n) is 10.7. The Balaban J connectivity index is 1.68. The van der Waals surface area contributed by atoms with Crippen molar-refractivity contribution >= 4 is 12.6 Å². The van der Waals surface area contributed by atoms with Crippen molar-refractivity contribution in [1.82, 2.24) is 4.98 Å². The quantitative estimate of drug-likeness (QED) is 0.650. The number of pyridine rings is 1. The average molecular weight is 391 g/mol. The molecular weight excluding hydrogens is 357 g/mol. The van der Waals surface area contributed by atoms with E-state index in [-0.39, 0.29) is 29.2 Å². The molecule has 0 atom stereocenters. The minimum Gasteiger partial charge on any atom is -0.399 e. The highest BCUT2D eigenvalue weighted by Gasteiger charge is 2.51. The summed E-state index contributed by atoms with van der Waals surface area (Å²) in [5.41, 5.74) is 7.24. The molecule has 0 radical (unpaired) electrons. The van der Waals surface area contributed by atoms with Crippen molar-refractivity contribution in [3.05, 3.63) is 47.2 Å². The van der Waals surface area contributed by atoms with Gasteiger partial charge in [-0.2, -0.15) is 0 Å². The molecule has 0 spiro atoms. The van der Waals surface area contributed by atoms with E-state index in [0.29, 0.717) is 0 Å². The third kappa shape index (κ3) is 3.16. The van der Waals surface area contributed by atoms with Crippen molar-refractivity contribution in [2.24, 2.45) is 0 Å². The summed E-state index contributed by atoms with van der Waals surface area (Å²) in [4.78, 5) is 4.80. The van der Waals surface area contributed by atoms with Gasteiger partial charge in [-0.05, 0) is 74.6 Å². The van der Waals surface area contributed by atoms with Crippen LogP contribution in [-0.4, -0.2) is 23.3 Å². The largest absolute Gasteiger partial charge is 0.496 e. The molecule has 2 aromatic rings. The van der Waals surface area contributed by atoms with Gasteiger partial charge in [-0.3, -0.25) is 4.98 Å². The Morgan fingerprint density at radius 1 is 0.828 bits per heavy atom. The zero-order valence-corrected chi connectivity index (χ0v) is 19.4. The summed E-state index contributed by atoms with van der Waals surface area (Å²) >= 11 is 0. The fourth-order valence-electron chi connectivity index (χ4n) is 5.40. The standard InChI is InChI=1S/C25H34BNO2/c1-16-18(11-12-19-21(16)23(4,5)15-22(19,2)3)20-13-10-17(14-27-20)26-28-24(6,7)25(8,9)29-26/h10-14H,15H2,1-9H3. The summed E-state index contributed by atoms with van der Waals surface area (Å²) in [6.07, 6.45) is 3.08. The van der Waals surface area contributed by atoms with Crippen LogP contribution < -0.4 is 5.46 Å². The second-order valence-electron chi connectivity index (χ2n) is 11.2. The maximum atomic E-state index is 6.17. The molecule has 4 heteroatoms. The Kier molecular flexibility index (Phi) is 4.40. The molecule has 2 aliphatic rings. The van der Waals surface area contributed by atoms with Gasteiger partial charge in [-0.1, -0.05) is 45.9 Å². The second kappa shape index (κ2) is 6.18. The molecular formula is C25H34BNO2. The smallest absolute Gasteiger partial charge is 0.399 e. The zero-order chi connectivity index (χ0) is 21.4. The minimum atomic E-state index is -0.373. The Morgan fingerprint density at radius 3 is 2.00 bits per heavy atom. The monoisotopic (exact) mass is 391 g/mol. The van der Waals surface area contributed by atoms with E-state index < -0.39 is 0 Å². The molecule has 0 amide bonds. The summed E-state index contributed by atoms with van der Waals surface area (Å²) in [6, 6.07) is 8.75. The second-order valence-corrected chi connectivity index (χ2v) is 11.2. The number of hydrogen-bond donors (Lipinski definition) is 0. The molecule has 29 heavy (non-hydrogen) atoms. The van der Waals surface area contributed by atoms with Crippen LogP contribution in [0.4, 0.5) is 0 Å². The lowest BCUT2D eigenvalue weighted by Crippen LogP contribution is -2.41. The van der Waals surface area contributed by atoms with Crippen molar-refractivity contribution < 1.29 is 9.31 Å². The van der Waals surface area contributed by atoms with Crippen LogP contribution in [0.2, 0.25) is 0 Å². The SMILES string of the molecule is Cc1c(-c2ccc(B3OC(C)(C)C(C)(C)O3)cn2)ccc2c1C(C)(C)CC2(C)C. The van der Waals surface area contributed by atoms with E-state index in [1.165, 1.54) is 28.7 Å². The van der Waals surface area contributed by atoms with Gasteiger partial charge in [0.15, 0.2) is 0 Å². The fourth-order valence-corrected chi connectivity index (χ4v) is 5.40. The number of rotatable bonds is 2. The minimum absolute atomic E-state index is 0.182. The predicted molar refractivity (Wildman–Crippen MR) is 121 cm³/mol. The molecule has 4 rings (SSSR count). The van der Waals surface area contributed by atoms with Crippen LogP contribution in [0.15, 0.2) is 30.5 Å². The third-order valence-electron chi connectivity index (χ3n) is 7.34. The number of fused-ring (bicyclic) bond motifs is 1. The highest BCUT2D eigenvalue weighted by atomic mass is 16.7. The first kappa shape index (κ1) is 20.6. The van der Waals surface area contributed by atoms with Crippen LogP contribution in [0.25, 0.3) is 11.3 Å². The third-order valence-corrected chi connectivity index (χ3v) is 7.34. The summed E-state index contributed by atoms with van der Waals surface area (Å²) in [7, 11) is -0.373. The van der Waals surface area contributed by atoms with Gasteiger partial charge in [-0.25, -0.2) is 0 Å². The lowest BCUT2D eigenvalue weighted by molar-refractivity contribution is 0.00578. The van der Waals surface area contributed by atoms with E-state index >= 15 is 0 Å². The molecule has 2 heterocycles. The Labute approximate surface area is 176 Å². The van der Waals surface area contributed by atoms with E-state index in [9.17, 15) is 0 Å². The van der Waals surface area contributed by atoms with Gasteiger partial charge in [0.25, 0.3) is 0 Å². The van der Waals surface area contributed by atoms with E-state index in [2.05, 4.69) is 86.6 Å². The first-order valence-corrected chi connectivity index (χ1v) is 10.7.